The highest BCUT2D eigenvalue weighted by atomic mass is 16.5. The Morgan fingerprint density at radius 1 is 0.938 bits per heavy atom. The SMILES string of the molecule is Cc1cc(C)n(-c2cc(Oc3ccc(NC(=O)COc4ccccc4)cc3)nc(C)n2)n1. The van der Waals surface area contributed by atoms with Crippen molar-refractivity contribution in [3.63, 3.8) is 0 Å². The van der Waals surface area contributed by atoms with Crippen LogP contribution in [0.3, 0.4) is 0 Å². The predicted molar refractivity (Wildman–Crippen MR) is 120 cm³/mol. The molecule has 162 valence electrons. The summed E-state index contributed by atoms with van der Waals surface area (Å²) >= 11 is 0. The fraction of sp³-hybridized carbons (Fsp3) is 0.167. The zero-order valence-electron chi connectivity index (χ0n) is 18.1. The van der Waals surface area contributed by atoms with Crippen molar-refractivity contribution in [3.8, 4) is 23.2 Å². The summed E-state index contributed by atoms with van der Waals surface area (Å²) in [6.45, 7) is 5.63. The molecule has 0 bridgehead atoms. The summed E-state index contributed by atoms with van der Waals surface area (Å²) in [5.41, 5.74) is 2.53. The Hall–Kier alpha value is -4.20. The number of nitrogens with zero attached hydrogens (tertiary/aromatic N) is 4. The van der Waals surface area contributed by atoms with Crippen LogP contribution in [0.2, 0.25) is 0 Å². The maximum Gasteiger partial charge on any atom is 0.262 e. The Morgan fingerprint density at radius 2 is 1.69 bits per heavy atom. The van der Waals surface area contributed by atoms with E-state index in [1.807, 2.05) is 38.1 Å². The fourth-order valence-corrected chi connectivity index (χ4v) is 3.14. The molecule has 4 rings (SSSR count). The fourth-order valence-electron chi connectivity index (χ4n) is 3.14. The van der Waals surface area contributed by atoms with Gasteiger partial charge in [-0.2, -0.15) is 10.1 Å². The van der Waals surface area contributed by atoms with Crippen molar-refractivity contribution >= 4 is 11.6 Å². The molecule has 2 aromatic heterocycles. The van der Waals surface area contributed by atoms with Crippen LogP contribution in [0.15, 0.2) is 66.7 Å². The lowest BCUT2D eigenvalue weighted by Gasteiger charge is -2.10. The molecule has 8 heteroatoms. The van der Waals surface area contributed by atoms with Crippen LogP contribution in [-0.4, -0.2) is 32.3 Å². The Bertz CT molecular complexity index is 1220. The minimum absolute atomic E-state index is 0.0719. The molecule has 2 heterocycles. The molecule has 0 aliphatic heterocycles. The second-order valence-electron chi connectivity index (χ2n) is 7.23. The van der Waals surface area contributed by atoms with Crippen LogP contribution in [0, 0.1) is 20.8 Å². The molecule has 0 unspecified atom stereocenters. The number of anilines is 1. The van der Waals surface area contributed by atoms with Crippen LogP contribution in [0.25, 0.3) is 5.82 Å². The number of amides is 1. The van der Waals surface area contributed by atoms with E-state index >= 15 is 0 Å². The number of aryl methyl sites for hydroxylation is 3. The number of ether oxygens (including phenoxy) is 2. The van der Waals surface area contributed by atoms with Gasteiger partial charge in [-0.05, 0) is 63.2 Å². The minimum Gasteiger partial charge on any atom is -0.484 e. The second-order valence-corrected chi connectivity index (χ2v) is 7.23. The maximum atomic E-state index is 12.1. The third-order valence-electron chi connectivity index (χ3n) is 4.50. The van der Waals surface area contributed by atoms with Crippen molar-refractivity contribution in [1.82, 2.24) is 19.7 Å². The van der Waals surface area contributed by atoms with Gasteiger partial charge in [-0.3, -0.25) is 4.79 Å². The van der Waals surface area contributed by atoms with Crippen molar-refractivity contribution in [2.75, 3.05) is 11.9 Å². The largest absolute Gasteiger partial charge is 0.484 e. The van der Waals surface area contributed by atoms with E-state index in [4.69, 9.17) is 9.47 Å². The number of hydrogen-bond donors (Lipinski definition) is 1. The molecular weight excluding hydrogens is 406 g/mol. The van der Waals surface area contributed by atoms with E-state index in [1.54, 1.807) is 54.1 Å². The first-order valence-corrected chi connectivity index (χ1v) is 10.1. The summed E-state index contributed by atoms with van der Waals surface area (Å²) in [4.78, 5) is 20.9. The van der Waals surface area contributed by atoms with Crippen LogP contribution in [0.1, 0.15) is 17.2 Å². The van der Waals surface area contributed by atoms with Crippen molar-refractivity contribution in [3.05, 3.63) is 83.9 Å². The van der Waals surface area contributed by atoms with Gasteiger partial charge in [-0.15, -0.1) is 0 Å². The molecular formula is C24H23N5O3. The molecule has 1 amide bonds. The van der Waals surface area contributed by atoms with Gasteiger partial charge in [-0.25, -0.2) is 9.67 Å². The normalized spacial score (nSPS) is 10.6. The molecule has 0 spiro atoms. The Balaban J connectivity index is 1.39. The van der Waals surface area contributed by atoms with E-state index in [9.17, 15) is 4.79 Å². The molecule has 0 atom stereocenters. The van der Waals surface area contributed by atoms with Gasteiger partial charge < -0.3 is 14.8 Å². The van der Waals surface area contributed by atoms with Crippen LogP contribution < -0.4 is 14.8 Å². The Morgan fingerprint density at radius 3 is 2.38 bits per heavy atom. The highest BCUT2D eigenvalue weighted by molar-refractivity contribution is 5.91. The van der Waals surface area contributed by atoms with Gasteiger partial charge in [0.2, 0.25) is 5.88 Å². The third kappa shape index (κ3) is 5.28. The predicted octanol–water partition coefficient (Wildman–Crippen LogP) is 4.40. The molecule has 8 nitrogen and oxygen atoms in total. The number of para-hydroxylation sites is 1. The average molecular weight is 429 g/mol. The Labute approximate surface area is 185 Å². The highest BCUT2D eigenvalue weighted by Gasteiger charge is 2.10. The van der Waals surface area contributed by atoms with E-state index in [1.165, 1.54) is 0 Å². The number of benzene rings is 2. The van der Waals surface area contributed by atoms with Gasteiger partial charge in [0.15, 0.2) is 12.4 Å². The molecule has 4 aromatic rings. The molecule has 32 heavy (non-hydrogen) atoms. The highest BCUT2D eigenvalue weighted by Crippen LogP contribution is 2.23. The summed E-state index contributed by atoms with van der Waals surface area (Å²) < 4.78 is 13.1. The quantitative estimate of drug-likeness (QED) is 0.468. The number of nitrogens with one attached hydrogen (secondary N) is 1. The van der Waals surface area contributed by atoms with Crippen LogP contribution in [0.5, 0.6) is 17.4 Å². The molecule has 0 fully saturated rings. The standard InChI is InChI=1S/C24H23N5O3/c1-16-13-17(2)29(28-16)22-14-24(26-18(3)25-22)32-21-11-9-19(10-12-21)27-23(30)15-31-20-7-5-4-6-8-20/h4-14H,15H2,1-3H3,(H,27,30). The van der Waals surface area contributed by atoms with Gasteiger partial charge in [0.25, 0.3) is 5.91 Å². The second kappa shape index (κ2) is 9.30. The van der Waals surface area contributed by atoms with Gasteiger partial charge in [0.05, 0.1) is 5.69 Å². The number of rotatable bonds is 7. The van der Waals surface area contributed by atoms with E-state index in [0.717, 1.165) is 11.4 Å². The summed E-state index contributed by atoms with van der Waals surface area (Å²) in [5.74, 6) is 2.61. The number of carbonyl (C=O) groups excluding carboxylic acids is 1. The number of hydrogen-bond acceptors (Lipinski definition) is 6. The van der Waals surface area contributed by atoms with Crippen LogP contribution in [-0.2, 0) is 4.79 Å². The number of carbonyl (C=O) groups is 1. The van der Waals surface area contributed by atoms with Crippen LogP contribution >= 0.6 is 0 Å². The molecule has 1 N–H and O–H groups in total. The monoisotopic (exact) mass is 429 g/mol. The van der Waals surface area contributed by atoms with E-state index in [0.29, 0.717) is 34.7 Å². The van der Waals surface area contributed by atoms with E-state index in [-0.39, 0.29) is 12.5 Å². The maximum absolute atomic E-state index is 12.1. The molecule has 2 aromatic carbocycles. The first-order valence-electron chi connectivity index (χ1n) is 10.1. The van der Waals surface area contributed by atoms with Crippen LogP contribution in [0.4, 0.5) is 5.69 Å². The first-order chi connectivity index (χ1) is 15.5. The van der Waals surface area contributed by atoms with Crippen molar-refractivity contribution in [2.45, 2.75) is 20.8 Å². The van der Waals surface area contributed by atoms with Crippen molar-refractivity contribution in [1.29, 1.82) is 0 Å². The summed E-state index contributed by atoms with van der Waals surface area (Å²) in [5, 5.41) is 7.26. The third-order valence-corrected chi connectivity index (χ3v) is 4.50. The zero-order valence-corrected chi connectivity index (χ0v) is 18.1. The summed E-state index contributed by atoms with van der Waals surface area (Å²) in [6, 6.07) is 19.9. The average Bonchev–Trinajstić information content (AvgIpc) is 3.12. The molecule has 0 saturated heterocycles. The lowest BCUT2D eigenvalue weighted by Crippen LogP contribution is -2.20. The minimum atomic E-state index is -0.247. The zero-order chi connectivity index (χ0) is 22.5. The molecule has 0 aliphatic rings. The lowest BCUT2D eigenvalue weighted by atomic mass is 10.3. The molecule has 0 aliphatic carbocycles. The van der Waals surface area contributed by atoms with E-state index < -0.39 is 0 Å². The lowest BCUT2D eigenvalue weighted by molar-refractivity contribution is -0.118. The molecule has 0 radical (unpaired) electrons. The van der Waals surface area contributed by atoms with Gasteiger partial charge in [0, 0.05) is 17.4 Å². The smallest absolute Gasteiger partial charge is 0.262 e. The van der Waals surface area contributed by atoms with Crippen molar-refractivity contribution in [2.24, 2.45) is 0 Å². The van der Waals surface area contributed by atoms with Crippen molar-refractivity contribution < 1.29 is 14.3 Å². The Kier molecular flexibility index (Phi) is 6.12. The van der Waals surface area contributed by atoms with E-state index in [2.05, 4.69) is 20.4 Å². The molecule has 0 saturated carbocycles. The summed E-state index contributed by atoms with van der Waals surface area (Å²) in [7, 11) is 0. The first kappa shape index (κ1) is 21.0. The van der Waals surface area contributed by atoms with Gasteiger partial charge in [-0.1, -0.05) is 18.2 Å². The van der Waals surface area contributed by atoms with Gasteiger partial charge in [0.1, 0.15) is 17.3 Å². The summed E-state index contributed by atoms with van der Waals surface area (Å²) in [6.07, 6.45) is 0. The van der Waals surface area contributed by atoms with Gasteiger partial charge >= 0.3 is 0 Å². The number of aromatic nitrogens is 4. The topological polar surface area (TPSA) is 91.2 Å².